The normalized spacial score (nSPS) is 12.1. The van der Waals surface area contributed by atoms with E-state index in [0.29, 0.717) is 0 Å². The molecule has 0 atom stereocenters. The van der Waals surface area contributed by atoms with Crippen molar-refractivity contribution in [1.82, 2.24) is 4.98 Å². The molecule has 0 fully saturated rings. The van der Waals surface area contributed by atoms with Crippen LogP contribution in [0.15, 0.2) is 97.2 Å². The molecule has 4 aromatic rings. The minimum absolute atomic E-state index is 0.0767. The van der Waals surface area contributed by atoms with E-state index in [4.69, 9.17) is 4.43 Å². The number of rotatable bonds is 4. The molecule has 0 radical (unpaired) electrons. The third kappa shape index (κ3) is 3.12. The van der Waals surface area contributed by atoms with Crippen LogP contribution in [-0.2, 0) is 0 Å². The van der Waals surface area contributed by atoms with E-state index in [2.05, 4.69) is 111 Å². The first kappa shape index (κ1) is 18.5. The van der Waals surface area contributed by atoms with Gasteiger partial charge in [0.1, 0.15) is 11.3 Å². The average Bonchev–Trinajstić information content (AvgIpc) is 2.72. The number of aromatic nitrogens is 1. The first-order chi connectivity index (χ1) is 13.5. The van der Waals surface area contributed by atoms with Crippen LogP contribution in [0, 0.1) is 0 Å². The molecule has 3 aromatic carbocycles. The summed E-state index contributed by atoms with van der Waals surface area (Å²) in [4.78, 5) is 4.63. The highest BCUT2D eigenvalue weighted by Crippen LogP contribution is 2.38. The van der Waals surface area contributed by atoms with Crippen LogP contribution in [0.3, 0.4) is 0 Å². The maximum Gasteiger partial charge on any atom is 0.320 e. The third-order valence-corrected chi connectivity index (χ3v) is 10.2. The number of nitrogens with zero attached hydrogens (tertiary/aromatic N) is 1. The molecule has 1 aromatic heterocycles. The maximum atomic E-state index is 7.13. The topological polar surface area (TPSA) is 22.1 Å². The lowest BCUT2D eigenvalue weighted by Crippen LogP contribution is -2.68. The van der Waals surface area contributed by atoms with E-state index in [0.717, 1.165) is 16.7 Å². The molecule has 140 valence electrons. The van der Waals surface area contributed by atoms with Crippen molar-refractivity contribution in [3.05, 3.63) is 97.2 Å². The molecule has 0 aliphatic heterocycles. The predicted molar refractivity (Wildman–Crippen MR) is 120 cm³/mol. The van der Waals surface area contributed by atoms with Crippen molar-refractivity contribution in [1.29, 1.82) is 0 Å². The second-order valence-corrected chi connectivity index (χ2v) is 12.3. The fourth-order valence-corrected chi connectivity index (χ4v) is 8.40. The van der Waals surface area contributed by atoms with Crippen LogP contribution in [0.2, 0.25) is 5.04 Å². The Morgan fingerprint density at radius 1 is 0.679 bits per heavy atom. The molecule has 0 aliphatic carbocycles. The highest BCUT2D eigenvalue weighted by Gasteiger charge is 2.52. The van der Waals surface area contributed by atoms with Gasteiger partial charge in [0.05, 0.1) is 0 Å². The molecule has 0 aliphatic rings. The van der Waals surface area contributed by atoms with Crippen molar-refractivity contribution in [2.75, 3.05) is 0 Å². The SMILES string of the molecule is CC(C)(C)[Si](Oc1cccc2cccnc12)(c1ccccc1)c1ccccc1. The van der Waals surface area contributed by atoms with Crippen molar-refractivity contribution in [2.45, 2.75) is 25.8 Å². The van der Waals surface area contributed by atoms with Gasteiger partial charge in [-0.25, -0.2) is 0 Å². The van der Waals surface area contributed by atoms with Gasteiger partial charge in [-0.1, -0.05) is 99.6 Å². The summed E-state index contributed by atoms with van der Waals surface area (Å²) in [6.07, 6.45) is 1.83. The van der Waals surface area contributed by atoms with Crippen LogP contribution in [0.1, 0.15) is 20.8 Å². The van der Waals surface area contributed by atoms with Crippen LogP contribution >= 0.6 is 0 Å². The predicted octanol–water partition coefficient (Wildman–Crippen LogP) is 5.17. The first-order valence-corrected chi connectivity index (χ1v) is 11.6. The summed E-state index contributed by atoms with van der Waals surface area (Å²) < 4.78 is 7.13. The highest BCUT2D eigenvalue weighted by atomic mass is 28.4. The van der Waals surface area contributed by atoms with Gasteiger partial charge in [0.15, 0.2) is 0 Å². The number of benzene rings is 3. The standard InChI is InChI=1S/C25H25NOSi/c1-25(2,3)28(21-14-6-4-7-15-21,22-16-8-5-9-17-22)27-23-18-10-12-20-13-11-19-26-24(20)23/h4-19H,1-3H3. The van der Waals surface area contributed by atoms with Crippen LogP contribution in [-0.4, -0.2) is 13.3 Å². The van der Waals surface area contributed by atoms with E-state index in [1.807, 2.05) is 12.3 Å². The molecule has 1 heterocycles. The zero-order chi connectivity index (χ0) is 19.6. The summed E-state index contributed by atoms with van der Waals surface area (Å²) in [6, 6.07) is 31.6. The zero-order valence-corrected chi connectivity index (χ0v) is 17.6. The van der Waals surface area contributed by atoms with Crippen molar-refractivity contribution in [2.24, 2.45) is 0 Å². The summed E-state index contributed by atoms with van der Waals surface area (Å²) in [7, 11) is -2.65. The molecule has 2 nitrogen and oxygen atoms in total. The Kier molecular flexibility index (Phi) is 4.78. The molecule has 0 amide bonds. The monoisotopic (exact) mass is 383 g/mol. The Bertz CT molecular complexity index is 1030. The molecule has 0 spiro atoms. The fraction of sp³-hybridized carbons (Fsp3) is 0.160. The lowest BCUT2D eigenvalue weighted by Gasteiger charge is -2.43. The Morgan fingerprint density at radius 2 is 1.25 bits per heavy atom. The van der Waals surface area contributed by atoms with Gasteiger partial charge in [0.2, 0.25) is 0 Å². The van der Waals surface area contributed by atoms with Crippen LogP contribution in [0.5, 0.6) is 5.75 Å². The minimum Gasteiger partial charge on any atom is -0.533 e. The summed E-state index contributed by atoms with van der Waals surface area (Å²) in [6.45, 7) is 6.87. The Morgan fingerprint density at radius 3 is 1.82 bits per heavy atom. The molecule has 0 N–H and O–H groups in total. The van der Waals surface area contributed by atoms with E-state index in [1.165, 1.54) is 10.4 Å². The summed E-state index contributed by atoms with van der Waals surface area (Å²) in [5.74, 6) is 0.854. The minimum atomic E-state index is -2.65. The number of hydrogen-bond donors (Lipinski definition) is 0. The van der Waals surface area contributed by atoms with E-state index in [1.54, 1.807) is 0 Å². The molecule has 0 saturated carbocycles. The molecule has 0 bridgehead atoms. The van der Waals surface area contributed by atoms with E-state index in [9.17, 15) is 0 Å². The van der Waals surface area contributed by atoms with Gasteiger partial charge in [0.25, 0.3) is 0 Å². The fourth-order valence-electron chi connectivity index (χ4n) is 3.97. The first-order valence-electron chi connectivity index (χ1n) is 9.66. The van der Waals surface area contributed by atoms with Crippen LogP contribution in [0.4, 0.5) is 0 Å². The molecule has 4 rings (SSSR count). The van der Waals surface area contributed by atoms with E-state index in [-0.39, 0.29) is 5.04 Å². The van der Waals surface area contributed by atoms with Crippen molar-refractivity contribution >= 4 is 29.6 Å². The molecular weight excluding hydrogens is 358 g/mol. The van der Waals surface area contributed by atoms with E-state index < -0.39 is 8.32 Å². The second kappa shape index (κ2) is 7.25. The Labute approximate surface area is 168 Å². The quantitative estimate of drug-likeness (QED) is 0.453. The molecule has 28 heavy (non-hydrogen) atoms. The number of para-hydroxylation sites is 1. The number of fused-ring (bicyclic) bond motifs is 1. The number of hydrogen-bond acceptors (Lipinski definition) is 2. The molecule has 3 heteroatoms. The molecular formula is C25H25NOSi. The van der Waals surface area contributed by atoms with Crippen molar-refractivity contribution < 1.29 is 4.43 Å². The lowest BCUT2D eigenvalue weighted by atomic mass is 10.2. The van der Waals surface area contributed by atoms with Gasteiger partial charge in [-0.05, 0) is 27.5 Å². The van der Waals surface area contributed by atoms with Gasteiger partial charge >= 0.3 is 8.32 Å². The van der Waals surface area contributed by atoms with Gasteiger partial charge in [0, 0.05) is 11.6 Å². The maximum absolute atomic E-state index is 7.13. The molecule has 0 saturated heterocycles. The van der Waals surface area contributed by atoms with E-state index >= 15 is 0 Å². The third-order valence-electron chi connectivity index (χ3n) is 5.28. The van der Waals surface area contributed by atoms with Gasteiger partial charge in [-0.2, -0.15) is 0 Å². The summed E-state index contributed by atoms with van der Waals surface area (Å²) in [5.41, 5.74) is 0.915. The molecule has 0 unspecified atom stereocenters. The van der Waals surface area contributed by atoms with Gasteiger partial charge in [-0.3, -0.25) is 4.98 Å². The van der Waals surface area contributed by atoms with Gasteiger partial charge < -0.3 is 4.43 Å². The van der Waals surface area contributed by atoms with Gasteiger partial charge in [-0.15, -0.1) is 0 Å². The lowest BCUT2D eigenvalue weighted by molar-refractivity contribution is 0.512. The van der Waals surface area contributed by atoms with Crippen molar-refractivity contribution in [3.63, 3.8) is 0 Å². The summed E-state index contributed by atoms with van der Waals surface area (Å²) >= 11 is 0. The Balaban J connectivity index is 2.00. The second-order valence-electron chi connectivity index (χ2n) is 8.10. The number of pyridine rings is 1. The Hall–Kier alpha value is -2.91. The van der Waals surface area contributed by atoms with Crippen LogP contribution < -0.4 is 14.8 Å². The van der Waals surface area contributed by atoms with Crippen molar-refractivity contribution in [3.8, 4) is 5.75 Å². The highest BCUT2D eigenvalue weighted by molar-refractivity contribution is 7.00. The van der Waals surface area contributed by atoms with Crippen LogP contribution in [0.25, 0.3) is 10.9 Å². The zero-order valence-electron chi connectivity index (χ0n) is 16.6. The summed E-state index contributed by atoms with van der Waals surface area (Å²) in [5, 5.41) is 3.55. The average molecular weight is 384 g/mol. The largest absolute Gasteiger partial charge is 0.533 e. The smallest absolute Gasteiger partial charge is 0.320 e.